The molecule has 4 heterocycles. The van der Waals surface area contributed by atoms with Crippen molar-refractivity contribution in [3.05, 3.63) is 40.3 Å². The van der Waals surface area contributed by atoms with Crippen LogP contribution in [0.4, 0.5) is 0 Å². The summed E-state index contributed by atoms with van der Waals surface area (Å²) in [7, 11) is 1.73. The molecule has 0 aliphatic carbocycles. The van der Waals surface area contributed by atoms with Crippen LogP contribution in [0.15, 0.2) is 24.5 Å². The van der Waals surface area contributed by atoms with Crippen molar-refractivity contribution in [3.63, 3.8) is 0 Å². The lowest BCUT2D eigenvalue weighted by Gasteiger charge is -2.26. The number of halogens is 2. The van der Waals surface area contributed by atoms with E-state index >= 15 is 0 Å². The zero-order valence-corrected chi connectivity index (χ0v) is 20.5. The smallest absolute Gasteiger partial charge is 0.150 e. The van der Waals surface area contributed by atoms with E-state index in [1.54, 1.807) is 19.1 Å². The summed E-state index contributed by atoms with van der Waals surface area (Å²) in [5.41, 5.74) is 4.63. The quantitative estimate of drug-likeness (QED) is 0.336. The van der Waals surface area contributed by atoms with Crippen LogP contribution in [0.1, 0.15) is 37.6 Å². The summed E-state index contributed by atoms with van der Waals surface area (Å²) in [5.74, 6) is 0.923. The lowest BCUT2D eigenvalue weighted by Crippen LogP contribution is -2.34. The zero-order valence-electron chi connectivity index (χ0n) is 18.2. The van der Waals surface area contributed by atoms with Crippen molar-refractivity contribution < 1.29 is 9.47 Å². The number of rotatable bonds is 7. The molecule has 0 radical (unpaired) electrons. The Morgan fingerprint density at radius 2 is 2.19 bits per heavy atom. The molecule has 32 heavy (non-hydrogen) atoms. The Hall–Kier alpha value is -1.22. The molecule has 0 saturated carbocycles. The molecule has 3 aromatic rings. The van der Waals surface area contributed by atoms with E-state index in [0.717, 1.165) is 67.7 Å². The van der Waals surface area contributed by atoms with Crippen molar-refractivity contribution in [1.29, 1.82) is 0 Å². The first-order valence-corrected chi connectivity index (χ1v) is 12.9. The fourth-order valence-electron chi connectivity index (χ4n) is 4.79. The van der Waals surface area contributed by atoms with Gasteiger partial charge >= 0.3 is 0 Å². The van der Waals surface area contributed by atoms with E-state index in [4.69, 9.17) is 32.7 Å². The molecule has 2 atom stereocenters. The lowest BCUT2D eigenvalue weighted by atomic mass is 9.99. The summed E-state index contributed by atoms with van der Waals surface area (Å²) in [6.45, 7) is 2.39. The van der Waals surface area contributed by atoms with Gasteiger partial charge in [0.15, 0.2) is 0 Å². The van der Waals surface area contributed by atoms with Gasteiger partial charge in [-0.25, -0.2) is 4.68 Å². The minimum absolute atomic E-state index is 0.0259. The molecular weight excluding hydrogens is 467 g/mol. The summed E-state index contributed by atoms with van der Waals surface area (Å²) in [5, 5.41) is 6.99. The summed E-state index contributed by atoms with van der Waals surface area (Å²) in [6.07, 6.45) is 9.44. The zero-order chi connectivity index (χ0) is 22.1. The first kappa shape index (κ1) is 22.6. The van der Waals surface area contributed by atoms with Gasteiger partial charge in [-0.15, -0.1) is 0 Å². The number of hydrogen-bond acceptors (Lipinski definition) is 5. The molecule has 172 valence electrons. The van der Waals surface area contributed by atoms with Crippen molar-refractivity contribution in [2.45, 2.75) is 50.9 Å². The van der Waals surface area contributed by atoms with Crippen LogP contribution >= 0.6 is 35.1 Å². The lowest BCUT2D eigenvalue weighted by molar-refractivity contribution is -0.0394. The Morgan fingerprint density at radius 3 is 3.00 bits per heavy atom. The Balaban J connectivity index is 1.51. The van der Waals surface area contributed by atoms with Crippen molar-refractivity contribution in [2.75, 3.05) is 26.1 Å². The molecule has 0 spiro atoms. The number of nitrogens with one attached hydrogen (secondary N) is 1. The Kier molecular flexibility index (Phi) is 7.02. The highest BCUT2D eigenvalue weighted by Crippen LogP contribution is 2.43. The predicted octanol–water partition coefficient (Wildman–Crippen LogP) is 5.71. The number of aromatic nitrogens is 3. The van der Waals surface area contributed by atoms with Crippen LogP contribution in [0.25, 0.3) is 22.0 Å². The normalized spacial score (nSPS) is 21.2. The van der Waals surface area contributed by atoms with Crippen LogP contribution in [0.3, 0.4) is 0 Å². The van der Waals surface area contributed by atoms with Crippen molar-refractivity contribution in [3.8, 4) is 11.1 Å². The number of fused-ring (bicyclic) bond motifs is 3. The van der Waals surface area contributed by atoms with Crippen molar-refractivity contribution in [2.24, 2.45) is 0 Å². The fraction of sp³-hybridized carbons (Fsp3) is 0.522. The minimum atomic E-state index is 0.0259. The van der Waals surface area contributed by atoms with Gasteiger partial charge in [-0.3, -0.25) is 4.72 Å². The summed E-state index contributed by atoms with van der Waals surface area (Å²) in [6, 6.07) is 4.35. The molecule has 6 nitrogen and oxygen atoms in total. The SMILES string of the molecule is COCCSNC1CCc2c(-c3cnn(C4CCCCO4)c3)c3ccc(Cl)c(Cl)c3n2C1. The molecule has 2 aliphatic heterocycles. The molecule has 0 bridgehead atoms. The van der Waals surface area contributed by atoms with E-state index < -0.39 is 0 Å². The van der Waals surface area contributed by atoms with Crippen LogP contribution in [0.2, 0.25) is 10.0 Å². The topological polar surface area (TPSA) is 53.2 Å². The maximum atomic E-state index is 6.75. The third-order valence-electron chi connectivity index (χ3n) is 6.34. The van der Waals surface area contributed by atoms with Gasteiger partial charge in [0.25, 0.3) is 0 Å². The summed E-state index contributed by atoms with van der Waals surface area (Å²) < 4.78 is 19.0. The average Bonchev–Trinajstić information content (AvgIpc) is 3.42. The molecular formula is C23H28Cl2N4O2S. The summed E-state index contributed by atoms with van der Waals surface area (Å²) in [4.78, 5) is 0. The second-order valence-corrected chi connectivity index (χ2v) is 10.1. The molecule has 0 amide bonds. The average molecular weight is 495 g/mol. The van der Waals surface area contributed by atoms with Gasteiger partial charge in [0.05, 0.1) is 28.4 Å². The van der Waals surface area contributed by atoms with Crippen LogP contribution in [-0.4, -0.2) is 46.5 Å². The highest BCUT2D eigenvalue weighted by atomic mass is 35.5. The Bertz CT molecular complexity index is 1090. The van der Waals surface area contributed by atoms with Gasteiger partial charge in [-0.1, -0.05) is 41.2 Å². The molecule has 2 aliphatic rings. The highest BCUT2D eigenvalue weighted by Gasteiger charge is 2.28. The maximum absolute atomic E-state index is 6.75. The number of nitrogens with zero attached hydrogens (tertiary/aromatic N) is 3. The molecule has 1 aromatic carbocycles. The molecule has 1 saturated heterocycles. The summed E-state index contributed by atoms with van der Waals surface area (Å²) >= 11 is 14.9. The van der Waals surface area contributed by atoms with Crippen LogP contribution in [-0.2, 0) is 22.4 Å². The molecule has 1 fully saturated rings. The maximum Gasteiger partial charge on any atom is 0.150 e. The second kappa shape index (κ2) is 9.95. The third-order valence-corrected chi connectivity index (χ3v) is 8.00. The van der Waals surface area contributed by atoms with E-state index in [1.807, 2.05) is 16.9 Å². The van der Waals surface area contributed by atoms with E-state index in [1.165, 1.54) is 17.7 Å². The molecule has 2 unspecified atom stereocenters. The largest absolute Gasteiger partial charge is 0.384 e. The third kappa shape index (κ3) is 4.31. The van der Waals surface area contributed by atoms with Crippen molar-refractivity contribution >= 4 is 46.1 Å². The van der Waals surface area contributed by atoms with Gasteiger partial charge < -0.3 is 14.0 Å². The van der Waals surface area contributed by atoms with Gasteiger partial charge in [0.2, 0.25) is 0 Å². The second-order valence-electron chi connectivity index (χ2n) is 8.41. The van der Waals surface area contributed by atoms with Gasteiger partial charge in [-0.2, -0.15) is 5.10 Å². The van der Waals surface area contributed by atoms with Crippen LogP contribution in [0, 0.1) is 0 Å². The van der Waals surface area contributed by atoms with E-state index in [0.29, 0.717) is 16.1 Å². The van der Waals surface area contributed by atoms with Crippen LogP contribution in [0.5, 0.6) is 0 Å². The van der Waals surface area contributed by atoms with Gasteiger partial charge in [0.1, 0.15) is 6.23 Å². The van der Waals surface area contributed by atoms with Gasteiger partial charge in [0, 0.05) is 60.5 Å². The monoisotopic (exact) mass is 494 g/mol. The molecule has 5 rings (SSSR count). The number of ether oxygens (including phenoxy) is 2. The number of methoxy groups -OCH3 is 1. The van der Waals surface area contributed by atoms with Crippen molar-refractivity contribution in [1.82, 2.24) is 19.1 Å². The highest BCUT2D eigenvalue weighted by molar-refractivity contribution is 7.97. The molecule has 2 aromatic heterocycles. The first-order chi connectivity index (χ1) is 15.7. The Morgan fingerprint density at radius 1 is 1.28 bits per heavy atom. The standard InChI is InChI=1S/C23H28Cl2N4O2S/c1-30-10-11-32-27-16-5-8-19-21(15-12-26-29(13-15)20-4-2-3-9-31-20)17-6-7-18(24)22(25)23(17)28(19)14-16/h6-7,12-13,16,20,27H,2-5,8-11,14H2,1H3. The Labute approximate surface area is 202 Å². The number of hydrogen-bond donors (Lipinski definition) is 1. The van der Waals surface area contributed by atoms with E-state index in [-0.39, 0.29) is 6.23 Å². The first-order valence-electron chi connectivity index (χ1n) is 11.2. The molecule has 1 N–H and O–H groups in total. The van der Waals surface area contributed by atoms with Gasteiger partial charge in [-0.05, 0) is 38.2 Å². The predicted molar refractivity (Wildman–Crippen MR) is 132 cm³/mol. The van der Waals surface area contributed by atoms with E-state index in [9.17, 15) is 0 Å². The van der Waals surface area contributed by atoms with E-state index in [2.05, 4.69) is 26.7 Å². The number of benzene rings is 1. The van der Waals surface area contributed by atoms with Crippen LogP contribution < -0.4 is 4.72 Å². The fourth-order valence-corrected chi connectivity index (χ4v) is 6.01. The minimum Gasteiger partial charge on any atom is -0.384 e. The molecule has 9 heteroatoms.